The zero-order chi connectivity index (χ0) is 19.4. The normalized spacial score (nSPS) is 11.9. The summed E-state index contributed by atoms with van der Waals surface area (Å²) in [6.45, 7) is 7.14. The number of hydrogen-bond acceptors (Lipinski definition) is 5. The van der Waals surface area contributed by atoms with E-state index in [0.717, 1.165) is 27.8 Å². The molecule has 0 atom stereocenters. The molecule has 0 saturated carbocycles. The van der Waals surface area contributed by atoms with Crippen LogP contribution < -0.4 is 5.32 Å². The Morgan fingerprint density at radius 2 is 2.00 bits per heavy atom. The molecule has 0 bridgehead atoms. The van der Waals surface area contributed by atoms with Crippen LogP contribution in [0, 0.1) is 0 Å². The molecule has 0 radical (unpaired) electrons. The number of para-hydroxylation sites is 1. The lowest BCUT2D eigenvalue weighted by Crippen LogP contribution is -2.34. The molecule has 0 spiro atoms. The second-order valence-corrected chi connectivity index (χ2v) is 7.36. The molecule has 2 aromatic heterocycles. The molecular formula is C20H26N4O3. The molecule has 2 heterocycles. The number of ether oxygens (including phenoxy) is 2. The molecule has 1 amide bonds. The second kappa shape index (κ2) is 7.92. The molecule has 7 heteroatoms. The van der Waals surface area contributed by atoms with Crippen molar-refractivity contribution in [3.63, 3.8) is 0 Å². The third-order valence-electron chi connectivity index (χ3n) is 4.09. The summed E-state index contributed by atoms with van der Waals surface area (Å²) in [6, 6.07) is 8.00. The molecule has 0 aliphatic heterocycles. The van der Waals surface area contributed by atoms with Crippen LogP contribution in [-0.2, 0) is 22.4 Å². The molecule has 7 nitrogen and oxygen atoms in total. The van der Waals surface area contributed by atoms with Crippen molar-refractivity contribution in [2.45, 2.75) is 39.3 Å². The number of aromatic nitrogens is 3. The van der Waals surface area contributed by atoms with Crippen molar-refractivity contribution < 1.29 is 14.3 Å². The zero-order valence-electron chi connectivity index (χ0n) is 16.3. The maximum absolute atomic E-state index is 11.9. The lowest BCUT2D eigenvalue weighted by Gasteiger charge is -2.20. The van der Waals surface area contributed by atoms with Gasteiger partial charge in [0.2, 0.25) is 0 Å². The van der Waals surface area contributed by atoms with Crippen LogP contribution in [0.15, 0.2) is 30.5 Å². The minimum Gasteiger partial charge on any atom is -0.444 e. The van der Waals surface area contributed by atoms with Gasteiger partial charge in [0.25, 0.3) is 0 Å². The first kappa shape index (κ1) is 19.1. The number of nitrogens with one attached hydrogen (secondary N) is 1. The van der Waals surface area contributed by atoms with Gasteiger partial charge in [0.05, 0.1) is 23.8 Å². The maximum Gasteiger partial charge on any atom is 0.407 e. The number of carbonyl (C=O) groups excluding carboxylic acids is 1. The molecule has 1 N–H and O–H groups in total. The SMILES string of the molecule is COCCc1nc2cnc3ccccc3c2n1CCNC(=O)OC(C)(C)C. The highest BCUT2D eigenvalue weighted by molar-refractivity contribution is 6.02. The fourth-order valence-electron chi connectivity index (χ4n) is 3.02. The van der Waals surface area contributed by atoms with Gasteiger partial charge in [-0.25, -0.2) is 9.78 Å². The molecule has 1 aromatic carbocycles. The van der Waals surface area contributed by atoms with Crippen LogP contribution in [-0.4, -0.2) is 46.5 Å². The Hall–Kier alpha value is -2.67. The third kappa shape index (κ3) is 4.54. The second-order valence-electron chi connectivity index (χ2n) is 7.36. The monoisotopic (exact) mass is 370 g/mol. The predicted molar refractivity (Wildman–Crippen MR) is 105 cm³/mol. The number of hydrogen-bond donors (Lipinski definition) is 1. The Morgan fingerprint density at radius 3 is 2.74 bits per heavy atom. The van der Waals surface area contributed by atoms with E-state index in [1.807, 2.05) is 45.0 Å². The number of alkyl carbamates (subject to hydrolysis) is 1. The van der Waals surface area contributed by atoms with Crippen molar-refractivity contribution in [3.05, 3.63) is 36.3 Å². The number of methoxy groups -OCH3 is 1. The first-order valence-corrected chi connectivity index (χ1v) is 9.07. The summed E-state index contributed by atoms with van der Waals surface area (Å²) < 4.78 is 12.7. The minimum absolute atomic E-state index is 0.420. The summed E-state index contributed by atoms with van der Waals surface area (Å²) in [5, 5.41) is 3.86. The Labute approximate surface area is 158 Å². The van der Waals surface area contributed by atoms with Crippen LogP contribution in [0.25, 0.3) is 21.9 Å². The Kier molecular flexibility index (Phi) is 5.60. The Morgan fingerprint density at radius 1 is 1.22 bits per heavy atom. The molecular weight excluding hydrogens is 344 g/mol. The maximum atomic E-state index is 11.9. The van der Waals surface area contributed by atoms with E-state index in [1.165, 1.54) is 0 Å². The van der Waals surface area contributed by atoms with Gasteiger partial charge < -0.3 is 19.4 Å². The molecule has 0 unspecified atom stereocenters. The van der Waals surface area contributed by atoms with Crippen molar-refractivity contribution in [3.8, 4) is 0 Å². The molecule has 0 aliphatic carbocycles. The van der Waals surface area contributed by atoms with E-state index in [-0.39, 0.29) is 0 Å². The third-order valence-corrected chi connectivity index (χ3v) is 4.09. The van der Waals surface area contributed by atoms with Gasteiger partial charge in [0.15, 0.2) is 0 Å². The number of pyridine rings is 1. The van der Waals surface area contributed by atoms with Crippen LogP contribution in [0.5, 0.6) is 0 Å². The van der Waals surface area contributed by atoms with Crippen molar-refractivity contribution in [1.82, 2.24) is 19.9 Å². The minimum atomic E-state index is -0.517. The summed E-state index contributed by atoms with van der Waals surface area (Å²) in [5.41, 5.74) is 2.27. The highest BCUT2D eigenvalue weighted by Crippen LogP contribution is 2.24. The van der Waals surface area contributed by atoms with Crippen molar-refractivity contribution >= 4 is 28.0 Å². The number of fused-ring (bicyclic) bond motifs is 3. The van der Waals surface area contributed by atoms with Crippen molar-refractivity contribution in [2.75, 3.05) is 20.3 Å². The number of rotatable bonds is 6. The van der Waals surface area contributed by atoms with E-state index in [2.05, 4.69) is 14.9 Å². The van der Waals surface area contributed by atoms with E-state index in [0.29, 0.717) is 26.1 Å². The predicted octanol–water partition coefficient (Wildman–Crippen LogP) is 3.30. The quantitative estimate of drug-likeness (QED) is 0.720. The van der Waals surface area contributed by atoms with Crippen molar-refractivity contribution in [2.24, 2.45) is 0 Å². The number of benzene rings is 1. The van der Waals surface area contributed by atoms with Crippen LogP contribution in [0.4, 0.5) is 4.79 Å². The number of imidazole rings is 1. The lowest BCUT2D eigenvalue weighted by atomic mass is 10.2. The van der Waals surface area contributed by atoms with Crippen LogP contribution >= 0.6 is 0 Å². The average Bonchev–Trinajstić information content (AvgIpc) is 2.96. The summed E-state index contributed by atoms with van der Waals surface area (Å²) in [5.74, 6) is 0.913. The summed E-state index contributed by atoms with van der Waals surface area (Å²) in [6.07, 6.45) is 2.06. The van der Waals surface area contributed by atoms with Crippen LogP contribution in [0.1, 0.15) is 26.6 Å². The lowest BCUT2D eigenvalue weighted by molar-refractivity contribution is 0.0526. The average molecular weight is 370 g/mol. The number of nitrogens with zero attached hydrogens (tertiary/aromatic N) is 3. The van der Waals surface area contributed by atoms with Gasteiger partial charge in [-0.15, -0.1) is 0 Å². The summed E-state index contributed by atoms with van der Waals surface area (Å²) in [4.78, 5) is 21.2. The van der Waals surface area contributed by atoms with E-state index in [9.17, 15) is 4.79 Å². The molecule has 0 fully saturated rings. The van der Waals surface area contributed by atoms with Gasteiger partial charge in [-0.3, -0.25) is 4.98 Å². The number of amides is 1. The fraction of sp³-hybridized carbons (Fsp3) is 0.450. The van der Waals surface area contributed by atoms with Gasteiger partial charge in [0, 0.05) is 32.0 Å². The van der Waals surface area contributed by atoms with Gasteiger partial charge in [0.1, 0.15) is 16.9 Å². The summed E-state index contributed by atoms with van der Waals surface area (Å²) in [7, 11) is 1.67. The van der Waals surface area contributed by atoms with Gasteiger partial charge in [-0.05, 0) is 26.8 Å². The number of carbonyl (C=O) groups is 1. The first-order chi connectivity index (χ1) is 12.9. The van der Waals surface area contributed by atoms with E-state index < -0.39 is 11.7 Å². The zero-order valence-corrected chi connectivity index (χ0v) is 16.3. The Balaban J connectivity index is 1.89. The van der Waals surface area contributed by atoms with Crippen LogP contribution in [0.3, 0.4) is 0 Å². The smallest absolute Gasteiger partial charge is 0.407 e. The summed E-state index contributed by atoms with van der Waals surface area (Å²) >= 11 is 0. The standard InChI is InChI=1S/C20H26N4O3/c1-20(2,3)27-19(25)21-10-11-24-17(9-12-26-4)23-16-13-22-15-8-6-5-7-14(15)18(16)24/h5-8,13H,9-12H2,1-4H3,(H,21,25). The first-order valence-electron chi connectivity index (χ1n) is 9.07. The van der Waals surface area contributed by atoms with Gasteiger partial charge in [-0.2, -0.15) is 0 Å². The van der Waals surface area contributed by atoms with E-state index in [1.54, 1.807) is 13.3 Å². The van der Waals surface area contributed by atoms with Gasteiger partial charge in [-0.1, -0.05) is 18.2 Å². The van der Waals surface area contributed by atoms with E-state index in [4.69, 9.17) is 14.5 Å². The molecule has 144 valence electrons. The molecule has 27 heavy (non-hydrogen) atoms. The highest BCUT2D eigenvalue weighted by Gasteiger charge is 2.17. The van der Waals surface area contributed by atoms with E-state index >= 15 is 0 Å². The fourth-order valence-corrected chi connectivity index (χ4v) is 3.02. The Bertz CT molecular complexity index is 943. The largest absolute Gasteiger partial charge is 0.444 e. The van der Waals surface area contributed by atoms with Crippen LogP contribution in [0.2, 0.25) is 0 Å². The molecule has 0 aliphatic rings. The molecule has 0 saturated heterocycles. The van der Waals surface area contributed by atoms with Gasteiger partial charge >= 0.3 is 6.09 Å². The van der Waals surface area contributed by atoms with Crippen molar-refractivity contribution in [1.29, 1.82) is 0 Å². The molecule has 3 aromatic rings. The highest BCUT2D eigenvalue weighted by atomic mass is 16.6. The topological polar surface area (TPSA) is 78.3 Å². The molecule has 3 rings (SSSR count).